The summed E-state index contributed by atoms with van der Waals surface area (Å²) in [5, 5.41) is 14.1. The molecule has 112 valence electrons. The second-order valence-electron chi connectivity index (χ2n) is 4.57. The lowest BCUT2D eigenvalue weighted by molar-refractivity contribution is -0.140. The lowest BCUT2D eigenvalue weighted by Gasteiger charge is -2.20. The van der Waals surface area contributed by atoms with Crippen LogP contribution in [0.4, 0.5) is 4.79 Å². The van der Waals surface area contributed by atoms with Gasteiger partial charge >= 0.3 is 12.0 Å². The SMILES string of the molecule is CCCCOCCNC(=O)N[C@H](C(=O)O)[C@@H](C)CC. The summed E-state index contributed by atoms with van der Waals surface area (Å²) in [6.45, 7) is 7.27. The molecule has 0 saturated carbocycles. The van der Waals surface area contributed by atoms with E-state index in [0.29, 0.717) is 26.2 Å². The molecule has 0 aromatic rings. The second kappa shape index (κ2) is 10.6. The number of ether oxygens (including phenoxy) is 1. The Morgan fingerprint density at radius 3 is 2.47 bits per heavy atom. The summed E-state index contributed by atoms with van der Waals surface area (Å²) >= 11 is 0. The molecule has 6 nitrogen and oxygen atoms in total. The van der Waals surface area contributed by atoms with Crippen molar-refractivity contribution < 1.29 is 19.4 Å². The lowest BCUT2D eigenvalue weighted by Crippen LogP contribution is -2.49. The van der Waals surface area contributed by atoms with Crippen LogP contribution in [0, 0.1) is 5.92 Å². The van der Waals surface area contributed by atoms with Gasteiger partial charge in [-0.25, -0.2) is 9.59 Å². The van der Waals surface area contributed by atoms with Gasteiger partial charge in [-0.1, -0.05) is 33.6 Å². The van der Waals surface area contributed by atoms with Crippen LogP contribution in [0.2, 0.25) is 0 Å². The predicted octanol–water partition coefficient (Wildman–Crippen LogP) is 1.60. The molecule has 0 bridgehead atoms. The van der Waals surface area contributed by atoms with Crippen molar-refractivity contribution >= 4 is 12.0 Å². The molecule has 0 unspecified atom stereocenters. The molecule has 0 rings (SSSR count). The average Bonchev–Trinajstić information content (AvgIpc) is 2.38. The van der Waals surface area contributed by atoms with E-state index in [1.807, 2.05) is 6.92 Å². The van der Waals surface area contributed by atoms with Gasteiger partial charge in [0.25, 0.3) is 0 Å². The van der Waals surface area contributed by atoms with Gasteiger partial charge in [-0.05, 0) is 12.3 Å². The zero-order valence-electron chi connectivity index (χ0n) is 12.1. The molecular formula is C13H26N2O4. The van der Waals surface area contributed by atoms with Crippen molar-refractivity contribution in [2.45, 2.75) is 46.1 Å². The number of nitrogens with one attached hydrogen (secondary N) is 2. The van der Waals surface area contributed by atoms with E-state index in [1.165, 1.54) is 0 Å². The third-order valence-electron chi connectivity index (χ3n) is 2.94. The number of carbonyl (C=O) groups excluding carboxylic acids is 1. The molecule has 2 amide bonds. The maximum Gasteiger partial charge on any atom is 0.326 e. The van der Waals surface area contributed by atoms with Crippen LogP contribution in [-0.2, 0) is 9.53 Å². The number of unbranched alkanes of at least 4 members (excludes halogenated alkanes) is 1. The Balaban J connectivity index is 3.85. The quantitative estimate of drug-likeness (QED) is 0.528. The Morgan fingerprint density at radius 1 is 1.26 bits per heavy atom. The van der Waals surface area contributed by atoms with Crippen molar-refractivity contribution in [3.8, 4) is 0 Å². The molecule has 0 radical (unpaired) electrons. The minimum absolute atomic E-state index is 0.107. The van der Waals surface area contributed by atoms with Gasteiger partial charge in [0.2, 0.25) is 0 Å². The highest BCUT2D eigenvalue weighted by Gasteiger charge is 2.24. The van der Waals surface area contributed by atoms with E-state index in [-0.39, 0.29) is 5.92 Å². The number of urea groups is 1. The van der Waals surface area contributed by atoms with Crippen molar-refractivity contribution in [3.63, 3.8) is 0 Å². The van der Waals surface area contributed by atoms with Crippen LogP contribution in [-0.4, -0.2) is 42.9 Å². The van der Waals surface area contributed by atoms with Gasteiger partial charge in [-0.3, -0.25) is 0 Å². The fourth-order valence-electron chi connectivity index (χ4n) is 1.46. The van der Waals surface area contributed by atoms with Gasteiger partial charge in [0, 0.05) is 13.2 Å². The minimum atomic E-state index is -1.01. The van der Waals surface area contributed by atoms with Crippen molar-refractivity contribution in [1.82, 2.24) is 10.6 Å². The molecular weight excluding hydrogens is 248 g/mol. The Labute approximate surface area is 114 Å². The van der Waals surface area contributed by atoms with E-state index in [2.05, 4.69) is 17.6 Å². The summed E-state index contributed by atoms with van der Waals surface area (Å²) in [6.07, 6.45) is 2.77. The molecule has 0 aromatic carbocycles. The molecule has 0 heterocycles. The average molecular weight is 274 g/mol. The van der Waals surface area contributed by atoms with Crippen LogP contribution in [0.25, 0.3) is 0 Å². The standard InChI is InChI=1S/C13H26N2O4/c1-4-6-8-19-9-7-14-13(18)15-11(12(16)17)10(3)5-2/h10-11H,4-9H2,1-3H3,(H,16,17)(H2,14,15,18)/t10-,11-/m0/s1. The van der Waals surface area contributed by atoms with E-state index in [9.17, 15) is 9.59 Å². The molecule has 0 aliphatic rings. The molecule has 0 saturated heterocycles. The lowest BCUT2D eigenvalue weighted by atomic mass is 9.99. The third-order valence-corrected chi connectivity index (χ3v) is 2.94. The molecule has 0 aliphatic heterocycles. The minimum Gasteiger partial charge on any atom is -0.480 e. The van der Waals surface area contributed by atoms with Gasteiger partial charge in [0.1, 0.15) is 6.04 Å². The van der Waals surface area contributed by atoms with Crippen LogP contribution >= 0.6 is 0 Å². The first-order valence-corrected chi connectivity index (χ1v) is 6.87. The van der Waals surface area contributed by atoms with Gasteiger partial charge in [-0.15, -0.1) is 0 Å². The maximum atomic E-state index is 11.5. The highest BCUT2D eigenvalue weighted by Crippen LogP contribution is 2.07. The van der Waals surface area contributed by atoms with Gasteiger partial charge < -0.3 is 20.5 Å². The van der Waals surface area contributed by atoms with Crippen LogP contribution in [0.3, 0.4) is 0 Å². The molecule has 19 heavy (non-hydrogen) atoms. The largest absolute Gasteiger partial charge is 0.480 e. The Bertz CT molecular complexity index is 271. The van der Waals surface area contributed by atoms with Crippen molar-refractivity contribution in [3.05, 3.63) is 0 Å². The molecule has 0 aromatic heterocycles. The zero-order chi connectivity index (χ0) is 14.7. The summed E-state index contributed by atoms with van der Waals surface area (Å²) < 4.78 is 5.29. The highest BCUT2D eigenvalue weighted by atomic mass is 16.5. The van der Waals surface area contributed by atoms with E-state index in [1.54, 1.807) is 6.92 Å². The Hall–Kier alpha value is -1.30. The van der Waals surface area contributed by atoms with Gasteiger partial charge in [0.15, 0.2) is 0 Å². The first-order chi connectivity index (χ1) is 9.02. The summed E-state index contributed by atoms with van der Waals surface area (Å²) in [6, 6.07) is -1.32. The van der Waals surface area contributed by atoms with Crippen molar-refractivity contribution in [2.24, 2.45) is 5.92 Å². The second-order valence-corrected chi connectivity index (χ2v) is 4.57. The highest BCUT2D eigenvalue weighted by molar-refractivity contribution is 5.82. The van der Waals surface area contributed by atoms with Crippen molar-refractivity contribution in [1.29, 1.82) is 0 Å². The van der Waals surface area contributed by atoms with Crippen LogP contribution in [0.1, 0.15) is 40.0 Å². The summed E-state index contributed by atoms with van der Waals surface area (Å²) in [4.78, 5) is 22.5. The fourth-order valence-corrected chi connectivity index (χ4v) is 1.46. The first kappa shape index (κ1) is 17.7. The van der Waals surface area contributed by atoms with Crippen molar-refractivity contribution in [2.75, 3.05) is 19.8 Å². The van der Waals surface area contributed by atoms with Gasteiger partial charge in [0.05, 0.1) is 6.61 Å². The number of carboxylic acid groups (broad SMARTS) is 1. The topological polar surface area (TPSA) is 87.7 Å². The number of rotatable bonds is 10. The number of hydrogen-bond acceptors (Lipinski definition) is 3. The number of amides is 2. The smallest absolute Gasteiger partial charge is 0.326 e. The zero-order valence-corrected chi connectivity index (χ0v) is 12.1. The van der Waals surface area contributed by atoms with E-state index < -0.39 is 18.0 Å². The number of aliphatic carboxylic acids is 1. The van der Waals surface area contributed by atoms with Gasteiger partial charge in [-0.2, -0.15) is 0 Å². The normalized spacial score (nSPS) is 13.6. The monoisotopic (exact) mass is 274 g/mol. The van der Waals surface area contributed by atoms with E-state index in [4.69, 9.17) is 9.84 Å². The van der Waals surface area contributed by atoms with E-state index in [0.717, 1.165) is 12.8 Å². The predicted molar refractivity (Wildman–Crippen MR) is 73.1 cm³/mol. The molecule has 2 atom stereocenters. The third kappa shape index (κ3) is 8.42. The number of hydrogen-bond donors (Lipinski definition) is 3. The van der Waals surface area contributed by atoms with Crippen LogP contribution < -0.4 is 10.6 Å². The Kier molecular flexibility index (Phi) is 9.88. The Morgan fingerprint density at radius 2 is 1.95 bits per heavy atom. The van der Waals surface area contributed by atoms with Crippen LogP contribution in [0.15, 0.2) is 0 Å². The number of carboxylic acids is 1. The van der Waals surface area contributed by atoms with E-state index >= 15 is 0 Å². The molecule has 6 heteroatoms. The molecule has 3 N–H and O–H groups in total. The maximum absolute atomic E-state index is 11.5. The summed E-state index contributed by atoms with van der Waals surface area (Å²) in [5.74, 6) is -1.12. The summed E-state index contributed by atoms with van der Waals surface area (Å²) in [5.41, 5.74) is 0. The number of carbonyl (C=O) groups is 2. The molecule has 0 aliphatic carbocycles. The fraction of sp³-hybridized carbons (Fsp3) is 0.846. The molecule has 0 fully saturated rings. The summed E-state index contributed by atoms with van der Waals surface area (Å²) in [7, 11) is 0. The molecule has 0 spiro atoms. The van der Waals surface area contributed by atoms with Crippen LogP contribution in [0.5, 0.6) is 0 Å². The first-order valence-electron chi connectivity index (χ1n) is 6.87.